The van der Waals surface area contributed by atoms with Crippen LogP contribution in [0.4, 0.5) is 0 Å². The molecule has 0 aliphatic carbocycles. The fourth-order valence-corrected chi connectivity index (χ4v) is 2.52. The van der Waals surface area contributed by atoms with E-state index in [9.17, 15) is 4.79 Å². The van der Waals surface area contributed by atoms with Crippen LogP contribution in [-0.4, -0.2) is 35.3 Å². The summed E-state index contributed by atoms with van der Waals surface area (Å²) in [4.78, 5) is 17.7. The number of aryl methyl sites for hydroxylation is 4. The molecule has 2 aromatic heterocycles. The first-order chi connectivity index (χ1) is 12.4. The molecule has 0 aliphatic heterocycles. The largest absolute Gasteiger partial charge is 0.391 e. The van der Waals surface area contributed by atoms with E-state index >= 15 is 0 Å². The Bertz CT molecular complexity index is 1010. The van der Waals surface area contributed by atoms with Gasteiger partial charge in [0.15, 0.2) is 0 Å². The monoisotopic (exact) mass is 355 g/mol. The summed E-state index contributed by atoms with van der Waals surface area (Å²) in [5.74, 6) is 0. The normalized spacial score (nSPS) is 11.8. The first-order valence-corrected chi connectivity index (χ1v) is 8.14. The summed E-state index contributed by atoms with van der Waals surface area (Å²) < 4.78 is 4.22. The third-order valence-corrected chi connectivity index (χ3v) is 4.23. The predicted molar refractivity (Wildman–Crippen MR) is 96.3 cm³/mol. The van der Waals surface area contributed by atoms with Gasteiger partial charge in [-0.05, 0) is 48.9 Å². The summed E-state index contributed by atoms with van der Waals surface area (Å²) in [6.45, 7) is 5.97. The van der Waals surface area contributed by atoms with Gasteiger partial charge >= 0.3 is 5.69 Å². The number of benzene rings is 1. The Morgan fingerprint density at radius 3 is 2.58 bits per heavy atom. The van der Waals surface area contributed by atoms with E-state index in [4.69, 9.17) is 4.84 Å². The van der Waals surface area contributed by atoms with Crippen LogP contribution in [-0.2, 0) is 25.5 Å². The van der Waals surface area contributed by atoms with Crippen LogP contribution in [0.15, 0.2) is 34.2 Å². The van der Waals surface area contributed by atoms with Crippen LogP contribution in [0.25, 0.3) is 5.69 Å². The fraction of sp³-hybridized carbons (Fsp3) is 0.353. The first-order valence-electron chi connectivity index (χ1n) is 8.14. The van der Waals surface area contributed by atoms with Crippen molar-refractivity contribution in [3.63, 3.8) is 0 Å². The van der Waals surface area contributed by atoms with Crippen LogP contribution in [0.2, 0.25) is 0 Å². The third-order valence-electron chi connectivity index (χ3n) is 4.23. The fourth-order valence-electron chi connectivity index (χ4n) is 2.52. The quantitative estimate of drug-likeness (QED) is 0.507. The minimum absolute atomic E-state index is 0.203. The lowest BCUT2D eigenvalue weighted by Crippen LogP contribution is -2.23. The number of rotatable bonds is 5. The number of hydrogen-bond donors (Lipinski definition) is 0. The van der Waals surface area contributed by atoms with Gasteiger partial charge in [0, 0.05) is 25.4 Å². The second-order valence-electron chi connectivity index (χ2n) is 6.11. The summed E-state index contributed by atoms with van der Waals surface area (Å²) in [5.41, 5.74) is 4.59. The molecule has 9 heteroatoms. The number of oxime groups is 1. The van der Waals surface area contributed by atoms with Crippen LogP contribution in [0.5, 0.6) is 0 Å². The molecule has 0 atom stereocenters. The molecule has 2 heterocycles. The highest BCUT2D eigenvalue weighted by atomic mass is 16.6. The standard InChI is InChI=1S/C17H21N7O2/c1-11-7-6-8-16(24-17(25)23(5)20-21-24)14(11)10-26-19-13(3)15-9-12(2)22(4)18-15/h6-9H,10H2,1-5H3/b19-13-. The van der Waals surface area contributed by atoms with Gasteiger partial charge in [-0.1, -0.05) is 17.3 Å². The van der Waals surface area contributed by atoms with E-state index in [0.717, 1.165) is 22.5 Å². The van der Waals surface area contributed by atoms with Crippen molar-refractivity contribution in [1.29, 1.82) is 0 Å². The van der Waals surface area contributed by atoms with Crippen molar-refractivity contribution in [3.8, 4) is 5.69 Å². The lowest BCUT2D eigenvalue weighted by molar-refractivity contribution is 0.130. The van der Waals surface area contributed by atoms with Gasteiger partial charge in [0.25, 0.3) is 0 Å². The van der Waals surface area contributed by atoms with Gasteiger partial charge in [-0.15, -0.1) is 0 Å². The van der Waals surface area contributed by atoms with E-state index in [-0.39, 0.29) is 12.3 Å². The van der Waals surface area contributed by atoms with E-state index in [0.29, 0.717) is 11.4 Å². The van der Waals surface area contributed by atoms with Crippen molar-refractivity contribution in [2.75, 3.05) is 0 Å². The number of aromatic nitrogens is 6. The first kappa shape index (κ1) is 17.6. The Labute approximate surface area is 150 Å². The Morgan fingerprint density at radius 1 is 1.19 bits per heavy atom. The van der Waals surface area contributed by atoms with Gasteiger partial charge in [-0.3, -0.25) is 4.68 Å². The topological polar surface area (TPSA) is 92.1 Å². The van der Waals surface area contributed by atoms with Crippen molar-refractivity contribution in [2.45, 2.75) is 27.4 Å². The van der Waals surface area contributed by atoms with Crippen molar-refractivity contribution in [1.82, 2.24) is 29.6 Å². The average Bonchev–Trinajstić information content (AvgIpc) is 3.12. The maximum atomic E-state index is 12.2. The molecular weight excluding hydrogens is 334 g/mol. The molecule has 0 unspecified atom stereocenters. The molecule has 0 radical (unpaired) electrons. The van der Waals surface area contributed by atoms with Crippen molar-refractivity contribution >= 4 is 5.71 Å². The molecule has 3 aromatic rings. The van der Waals surface area contributed by atoms with E-state index in [1.807, 2.05) is 46.0 Å². The Balaban J connectivity index is 1.85. The molecule has 9 nitrogen and oxygen atoms in total. The van der Waals surface area contributed by atoms with Crippen LogP contribution in [0.3, 0.4) is 0 Å². The summed E-state index contributed by atoms with van der Waals surface area (Å²) in [5, 5.41) is 16.2. The maximum Gasteiger partial charge on any atom is 0.368 e. The SMILES string of the molecule is C/C(=N/OCc1c(C)cccc1-n1nnn(C)c1=O)c1cc(C)n(C)n1. The second-order valence-corrected chi connectivity index (χ2v) is 6.11. The highest BCUT2D eigenvalue weighted by molar-refractivity contribution is 5.96. The van der Waals surface area contributed by atoms with Crippen molar-refractivity contribution < 1.29 is 4.84 Å². The molecule has 0 bridgehead atoms. The molecule has 26 heavy (non-hydrogen) atoms. The predicted octanol–water partition coefficient (Wildman–Crippen LogP) is 1.26. The molecule has 3 rings (SSSR count). The zero-order chi connectivity index (χ0) is 18.8. The van der Waals surface area contributed by atoms with Crippen LogP contribution in [0, 0.1) is 13.8 Å². The van der Waals surface area contributed by atoms with Crippen molar-refractivity contribution in [3.05, 3.63) is 57.3 Å². The summed E-state index contributed by atoms with van der Waals surface area (Å²) in [6, 6.07) is 7.56. The summed E-state index contributed by atoms with van der Waals surface area (Å²) >= 11 is 0. The number of hydrogen-bond acceptors (Lipinski definition) is 6. The highest BCUT2D eigenvalue weighted by Crippen LogP contribution is 2.18. The molecule has 1 aromatic carbocycles. The smallest absolute Gasteiger partial charge is 0.368 e. The van der Waals surface area contributed by atoms with Gasteiger partial charge in [0.2, 0.25) is 0 Å². The van der Waals surface area contributed by atoms with Gasteiger partial charge in [-0.25, -0.2) is 4.79 Å². The van der Waals surface area contributed by atoms with Crippen LogP contribution < -0.4 is 5.69 Å². The van der Waals surface area contributed by atoms with Crippen molar-refractivity contribution in [2.24, 2.45) is 19.3 Å². The maximum absolute atomic E-state index is 12.2. The van der Waals surface area contributed by atoms with Gasteiger partial charge in [-0.2, -0.15) is 14.5 Å². The average molecular weight is 355 g/mol. The van der Waals surface area contributed by atoms with Crippen LogP contribution in [0.1, 0.15) is 29.4 Å². The second kappa shape index (κ2) is 6.95. The van der Waals surface area contributed by atoms with Gasteiger partial charge < -0.3 is 4.84 Å². The molecular formula is C17H21N7O2. The number of tetrazole rings is 1. The Kier molecular flexibility index (Phi) is 4.70. The third kappa shape index (κ3) is 3.28. The van der Waals surface area contributed by atoms with E-state index in [1.165, 1.54) is 9.36 Å². The molecule has 0 amide bonds. The molecule has 0 aliphatic rings. The van der Waals surface area contributed by atoms with Crippen LogP contribution >= 0.6 is 0 Å². The Hall–Kier alpha value is -3.23. The minimum Gasteiger partial charge on any atom is -0.391 e. The molecule has 0 fully saturated rings. The molecule has 136 valence electrons. The summed E-state index contributed by atoms with van der Waals surface area (Å²) in [6.07, 6.45) is 0. The summed E-state index contributed by atoms with van der Waals surface area (Å²) in [7, 11) is 3.44. The van der Waals surface area contributed by atoms with E-state index in [2.05, 4.69) is 20.7 Å². The number of nitrogens with zero attached hydrogens (tertiary/aromatic N) is 7. The lowest BCUT2D eigenvalue weighted by atomic mass is 10.1. The lowest BCUT2D eigenvalue weighted by Gasteiger charge is -2.10. The molecule has 0 saturated heterocycles. The van der Waals surface area contributed by atoms with E-state index < -0.39 is 0 Å². The molecule has 0 spiro atoms. The Morgan fingerprint density at radius 2 is 1.96 bits per heavy atom. The van der Waals surface area contributed by atoms with Gasteiger partial charge in [0.05, 0.1) is 5.69 Å². The van der Waals surface area contributed by atoms with Gasteiger partial charge in [0.1, 0.15) is 18.0 Å². The zero-order valence-electron chi connectivity index (χ0n) is 15.5. The zero-order valence-corrected chi connectivity index (χ0v) is 15.5. The molecule has 0 saturated carbocycles. The highest BCUT2D eigenvalue weighted by Gasteiger charge is 2.13. The molecule has 0 N–H and O–H groups in total. The van der Waals surface area contributed by atoms with E-state index in [1.54, 1.807) is 17.8 Å². The minimum atomic E-state index is -0.319.